The molecule has 1 aromatic rings. The minimum absolute atomic E-state index is 0.0148. The Bertz CT molecular complexity index is 608. The highest BCUT2D eigenvalue weighted by atomic mass is 16.5. The van der Waals surface area contributed by atoms with Crippen LogP contribution in [0.1, 0.15) is 61.4 Å². The second-order valence-corrected chi connectivity index (χ2v) is 6.41. The molecule has 0 bridgehead atoms. The zero-order valence-corrected chi connectivity index (χ0v) is 13.8. The van der Waals surface area contributed by atoms with E-state index in [0.29, 0.717) is 38.5 Å². The fourth-order valence-electron chi connectivity index (χ4n) is 2.99. The first-order chi connectivity index (χ1) is 11.4. The number of hydrogen-bond donors (Lipinski definition) is 3. The van der Waals surface area contributed by atoms with Crippen LogP contribution in [0.5, 0.6) is 11.5 Å². The molecular weight excluding hydrogens is 312 g/mol. The van der Waals surface area contributed by atoms with E-state index in [9.17, 15) is 24.9 Å². The van der Waals surface area contributed by atoms with Gasteiger partial charge >= 0.3 is 5.97 Å². The normalized spacial score (nSPS) is 20.2. The van der Waals surface area contributed by atoms with Crippen LogP contribution in [0, 0.1) is 0 Å². The van der Waals surface area contributed by atoms with Gasteiger partial charge in [0, 0.05) is 18.9 Å². The molecule has 24 heavy (non-hydrogen) atoms. The number of aliphatic hydroxyl groups is 1. The van der Waals surface area contributed by atoms with Crippen molar-refractivity contribution in [3.05, 3.63) is 23.3 Å². The van der Waals surface area contributed by atoms with E-state index in [1.807, 2.05) is 0 Å². The zero-order chi connectivity index (χ0) is 17.7. The van der Waals surface area contributed by atoms with Crippen LogP contribution in [0.4, 0.5) is 0 Å². The summed E-state index contributed by atoms with van der Waals surface area (Å²) in [6, 6.07) is 2.39. The number of phenols is 2. The van der Waals surface area contributed by atoms with E-state index >= 15 is 0 Å². The van der Waals surface area contributed by atoms with Crippen LogP contribution in [0.15, 0.2) is 12.1 Å². The molecule has 2 atom stereocenters. The van der Waals surface area contributed by atoms with Gasteiger partial charge in [0.2, 0.25) is 0 Å². The lowest BCUT2D eigenvalue weighted by molar-refractivity contribution is -0.118. The lowest BCUT2D eigenvalue weighted by atomic mass is 9.96. The van der Waals surface area contributed by atoms with Crippen molar-refractivity contribution >= 4 is 11.8 Å². The molecule has 0 radical (unpaired) electrons. The smallest absolute Gasteiger partial charge is 0.342 e. The molecule has 132 valence electrons. The lowest BCUT2D eigenvalue weighted by Crippen LogP contribution is -2.22. The van der Waals surface area contributed by atoms with Gasteiger partial charge in [-0.05, 0) is 50.7 Å². The number of fused-ring (bicyclic) bond motifs is 1. The van der Waals surface area contributed by atoms with Crippen molar-refractivity contribution in [3.63, 3.8) is 0 Å². The van der Waals surface area contributed by atoms with Crippen LogP contribution in [0.2, 0.25) is 0 Å². The molecule has 3 N–H and O–H groups in total. The predicted octanol–water partition coefficient (Wildman–Crippen LogP) is 2.47. The maximum absolute atomic E-state index is 12.4. The van der Waals surface area contributed by atoms with Gasteiger partial charge in [-0.3, -0.25) is 4.79 Å². The van der Waals surface area contributed by atoms with Gasteiger partial charge in [-0.15, -0.1) is 0 Å². The number of esters is 1. The molecule has 0 fully saturated rings. The molecule has 0 unspecified atom stereocenters. The van der Waals surface area contributed by atoms with E-state index in [4.69, 9.17) is 4.74 Å². The van der Waals surface area contributed by atoms with Gasteiger partial charge in [-0.1, -0.05) is 0 Å². The summed E-state index contributed by atoms with van der Waals surface area (Å²) in [5.41, 5.74) is 0.232. The quantitative estimate of drug-likeness (QED) is 0.730. The van der Waals surface area contributed by atoms with E-state index in [0.717, 1.165) is 6.07 Å². The highest BCUT2D eigenvalue weighted by molar-refractivity contribution is 5.96. The maximum atomic E-state index is 12.4. The number of carbonyl (C=O) groups excluding carboxylic acids is 2. The predicted molar refractivity (Wildman–Crippen MR) is 87.1 cm³/mol. The minimum Gasteiger partial charge on any atom is -0.508 e. The number of rotatable bonds is 4. The van der Waals surface area contributed by atoms with Crippen molar-refractivity contribution in [2.45, 2.75) is 64.1 Å². The number of cyclic esters (lactones) is 1. The third-order valence-electron chi connectivity index (χ3n) is 4.18. The van der Waals surface area contributed by atoms with Crippen LogP contribution in [-0.2, 0) is 16.0 Å². The third kappa shape index (κ3) is 4.96. The number of phenolic OH excluding ortho intramolecular Hbond substituents is 2. The first-order valence-corrected chi connectivity index (χ1v) is 8.32. The summed E-state index contributed by atoms with van der Waals surface area (Å²) in [5.74, 6) is -1.30. The SMILES string of the molecule is C[C@H](O)CCC[C@@H]1CCCC(=O)Cc2cc(O)cc(O)c2C(=O)O1. The van der Waals surface area contributed by atoms with Gasteiger partial charge in [0.1, 0.15) is 28.9 Å². The first-order valence-electron chi connectivity index (χ1n) is 8.32. The van der Waals surface area contributed by atoms with Gasteiger partial charge in [-0.2, -0.15) is 0 Å². The van der Waals surface area contributed by atoms with Crippen molar-refractivity contribution < 1.29 is 29.6 Å². The Labute approximate surface area is 141 Å². The summed E-state index contributed by atoms with van der Waals surface area (Å²) in [4.78, 5) is 24.5. The summed E-state index contributed by atoms with van der Waals surface area (Å²) in [7, 11) is 0. The van der Waals surface area contributed by atoms with E-state index in [2.05, 4.69) is 0 Å². The van der Waals surface area contributed by atoms with Crippen LogP contribution in [-0.4, -0.2) is 39.3 Å². The Kier molecular flexibility index (Phi) is 6.20. The number of ether oxygens (including phenoxy) is 1. The van der Waals surface area contributed by atoms with Crippen LogP contribution >= 0.6 is 0 Å². The van der Waals surface area contributed by atoms with Crippen LogP contribution in [0.25, 0.3) is 0 Å². The largest absolute Gasteiger partial charge is 0.508 e. The minimum atomic E-state index is -0.681. The fraction of sp³-hybridized carbons (Fsp3) is 0.556. The second kappa shape index (κ2) is 8.15. The Morgan fingerprint density at radius 3 is 2.75 bits per heavy atom. The Morgan fingerprint density at radius 2 is 2.04 bits per heavy atom. The molecule has 0 aromatic heterocycles. The first kappa shape index (κ1) is 18.3. The van der Waals surface area contributed by atoms with Crippen molar-refractivity contribution in [3.8, 4) is 11.5 Å². The number of hydrogen-bond acceptors (Lipinski definition) is 6. The standard InChI is InChI=1S/C18H24O6/c1-11(19)4-2-6-15-7-3-5-13(20)8-12-9-14(21)10-16(22)17(12)18(23)24-15/h9-11,15,19,21-22H,2-8H2,1H3/t11-,15+/m0/s1. The molecule has 1 aliphatic heterocycles. The third-order valence-corrected chi connectivity index (χ3v) is 4.18. The molecule has 1 aliphatic rings. The molecule has 1 heterocycles. The molecule has 0 saturated heterocycles. The topological polar surface area (TPSA) is 104 Å². The molecule has 6 nitrogen and oxygen atoms in total. The summed E-state index contributed by atoms with van der Waals surface area (Å²) in [6.07, 6.45) is 2.69. The Balaban J connectivity index is 2.22. The second-order valence-electron chi connectivity index (χ2n) is 6.41. The number of Topliss-reactive ketones (excluding diaryl/α,β-unsaturated/α-hetero) is 1. The molecule has 0 spiro atoms. The molecule has 0 aliphatic carbocycles. The van der Waals surface area contributed by atoms with Gasteiger partial charge in [0.15, 0.2) is 0 Å². The summed E-state index contributed by atoms with van der Waals surface area (Å²) < 4.78 is 5.52. The monoisotopic (exact) mass is 336 g/mol. The van der Waals surface area contributed by atoms with Crippen molar-refractivity contribution in [2.24, 2.45) is 0 Å². The fourth-order valence-corrected chi connectivity index (χ4v) is 2.99. The van der Waals surface area contributed by atoms with Crippen molar-refractivity contribution in [2.75, 3.05) is 0 Å². The van der Waals surface area contributed by atoms with Gasteiger partial charge in [0.05, 0.1) is 6.10 Å². The van der Waals surface area contributed by atoms with E-state index in [-0.39, 0.29) is 40.9 Å². The Morgan fingerprint density at radius 1 is 1.29 bits per heavy atom. The highest BCUT2D eigenvalue weighted by Crippen LogP contribution is 2.30. The lowest BCUT2D eigenvalue weighted by Gasteiger charge is -2.21. The molecule has 0 amide bonds. The van der Waals surface area contributed by atoms with Gasteiger partial charge < -0.3 is 20.1 Å². The van der Waals surface area contributed by atoms with E-state index < -0.39 is 12.1 Å². The van der Waals surface area contributed by atoms with E-state index in [1.165, 1.54) is 6.07 Å². The van der Waals surface area contributed by atoms with Gasteiger partial charge in [-0.25, -0.2) is 4.79 Å². The average molecular weight is 336 g/mol. The number of ketones is 1. The van der Waals surface area contributed by atoms with Crippen molar-refractivity contribution in [1.82, 2.24) is 0 Å². The molecule has 6 heteroatoms. The highest BCUT2D eigenvalue weighted by Gasteiger charge is 2.25. The Hall–Kier alpha value is -2.08. The molecular formula is C18H24O6. The number of aliphatic hydroxyl groups excluding tert-OH is 1. The van der Waals surface area contributed by atoms with Gasteiger partial charge in [0.25, 0.3) is 0 Å². The zero-order valence-electron chi connectivity index (χ0n) is 13.8. The summed E-state index contributed by atoms with van der Waals surface area (Å²) >= 11 is 0. The van der Waals surface area contributed by atoms with Crippen LogP contribution in [0.3, 0.4) is 0 Å². The summed E-state index contributed by atoms with van der Waals surface area (Å²) in [6.45, 7) is 1.71. The molecule has 2 rings (SSSR count). The molecule has 0 saturated carbocycles. The number of benzene rings is 1. The van der Waals surface area contributed by atoms with E-state index in [1.54, 1.807) is 6.92 Å². The number of aromatic hydroxyl groups is 2. The molecule has 1 aromatic carbocycles. The van der Waals surface area contributed by atoms with Crippen LogP contribution < -0.4 is 0 Å². The average Bonchev–Trinajstić information content (AvgIpc) is 2.45. The maximum Gasteiger partial charge on any atom is 0.342 e. The van der Waals surface area contributed by atoms with Crippen molar-refractivity contribution in [1.29, 1.82) is 0 Å². The number of carbonyl (C=O) groups is 2. The summed E-state index contributed by atoms with van der Waals surface area (Å²) in [5, 5.41) is 28.9.